The summed E-state index contributed by atoms with van der Waals surface area (Å²) in [5, 5.41) is -0.408. The fourth-order valence-corrected chi connectivity index (χ4v) is 2.64. The fourth-order valence-electron chi connectivity index (χ4n) is 2.49. The molecule has 2 aromatic rings. The zero-order valence-electron chi connectivity index (χ0n) is 11.7. The Morgan fingerprint density at radius 1 is 1.55 bits per heavy atom. The Bertz CT molecular complexity index is 664. The maximum Gasteiger partial charge on any atom is 0.219 e. The number of imidazole rings is 1. The van der Waals surface area contributed by atoms with Crippen molar-refractivity contribution in [3.63, 3.8) is 0 Å². The average molecular weight is 298 g/mol. The third-order valence-corrected chi connectivity index (χ3v) is 3.42. The Kier molecular flexibility index (Phi) is 3.73. The van der Waals surface area contributed by atoms with Gasteiger partial charge < -0.3 is 10.3 Å². The van der Waals surface area contributed by atoms with E-state index in [4.69, 9.17) is 17.3 Å². The number of amides is 1. The summed E-state index contributed by atoms with van der Waals surface area (Å²) >= 11 is 6.15. The zero-order chi connectivity index (χ0) is 15.1. The number of fused-ring (bicyclic) bond motifs is 1. The van der Waals surface area contributed by atoms with Crippen molar-refractivity contribution in [2.45, 2.75) is 38.1 Å². The predicted octanol–water partition coefficient (Wildman–Crippen LogP) is 3.09. The van der Waals surface area contributed by atoms with Gasteiger partial charge in [0.05, 0.1) is 10.9 Å². The van der Waals surface area contributed by atoms with Crippen LogP contribution < -0.4 is 5.73 Å². The molecule has 0 saturated heterocycles. The number of hydrogen-bond acceptors (Lipinski definition) is 2. The number of para-hydroxylation sites is 1. The molecule has 0 aliphatic carbocycles. The first kappa shape index (κ1) is 14.8. The molecule has 0 aliphatic heterocycles. The maximum atomic E-state index is 13.9. The summed E-state index contributed by atoms with van der Waals surface area (Å²) in [7, 11) is 0. The molecule has 0 bridgehead atoms. The molecule has 0 fully saturated rings. The number of carbonyl (C=O) groups is 1. The van der Waals surface area contributed by atoms with E-state index in [1.165, 1.54) is 6.07 Å². The molecule has 0 spiro atoms. The molecule has 4 nitrogen and oxygen atoms in total. The summed E-state index contributed by atoms with van der Waals surface area (Å²) in [6.07, 6.45) is 0.117. The lowest BCUT2D eigenvalue weighted by molar-refractivity contribution is -0.119. The second kappa shape index (κ2) is 5.05. The smallest absolute Gasteiger partial charge is 0.219 e. The van der Waals surface area contributed by atoms with Crippen LogP contribution in [0.1, 0.15) is 38.4 Å². The number of benzene rings is 1. The Balaban J connectivity index is 2.75. The topological polar surface area (TPSA) is 60.9 Å². The molecule has 108 valence electrons. The highest BCUT2D eigenvalue weighted by Gasteiger charge is 2.30. The second-order valence-electron chi connectivity index (χ2n) is 5.48. The van der Waals surface area contributed by atoms with Crippen molar-refractivity contribution in [2.75, 3.05) is 0 Å². The minimum Gasteiger partial charge on any atom is -0.370 e. The van der Waals surface area contributed by atoms with Crippen LogP contribution in [0.15, 0.2) is 18.2 Å². The molecular weight excluding hydrogens is 281 g/mol. The summed E-state index contributed by atoms with van der Waals surface area (Å²) < 4.78 is 15.7. The van der Waals surface area contributed by atoms with Crippen LogP contribution in [0.4, 0.5) is 4.39 Å². The van der Waals surface area contributed by atoms with Crippen molar-refractivity contribution >= 4 is 28.5 Å². The van der Waals surface area contributed by atoms with Gasteiger partial charge in [-0.05, 0) is 32.9 Å². The number of carbonyl (C=O) groups excluding carboxylic acids is 1. The minimum absolute atomic E-state index is 0.117. The number of rotatable bonds is 4. The number of alkyl halides is 1. The molecule has 1 aromatic carbocycles. The molecule has 1 heterocycles. The van der Waals surface area contributed by atoms with Gasteiger partial charge in [0.2, 0.25) is 5.91 Å². The standard InChI is InChI=1S/C14H17ClFN3O/c1-8(15)13-18-12-9(16)5-4-6-10(12)19(13)14(2,3)7-11(17)20/h4-6,8H,7H2,1-3H3,(H2,17,20). The molecule has 0 aliphatic rings. The number of halogens is 2. The van der Waals surface area contributed by atoms with Crippen molar-refractivity contribution in [3.05, 3.63) is 29.8 Å². The van der Waals surface area contributed by atoms with Gasteiger partial charge in [0.1, 0.15) is 11.3 Å². The van der Waals surface area contributed by atoms with Gasteiger partial charge in [0, 0.05) is 12.0 Å². The Morgan fingerprint density at radius 2 is 2.20 bits per heavy atom. The maximum absolute atomic E-state index is 13.9. The van der Waals surface area contributed by atoms with E-state index in [1.54, 1.807) is 23.6 Å². The van der Waals surface area contributed by atoms with Gasteiger partial charge in [0.25, 0.3) is 0 Å². The third kappa shape index (κ3) is 2.50. The van der Waals surface area contributed by atoms with Crippen LogP contribution in [0, 0.1) is 5.82 Å². The molecule has 1 unspecified atom stereocenters. The lowest BCUT2D eigenvalue weighted by atomic mass is 9.99. The summed E-state index contributed by atoms with van der Waals surface area (Å²) in [6.45, 7) is 5.47. The molecule has 2 rings (SSSR count). The van der Waals surface area contributed by atoms with E-state index >= 15 is 0 Å². The summed E-state index contributed by atoms with van der Waals surface area (Å²) in [6, 6.07) is 4.72. The Hall–Kier alpha value is -1.62. The van der Waals surface area contributed by atoms with Crippen LogP contribution in [-0.2, 0) is 10.3 Å². The fraction of sp³-hybridized carbons (Fsp3) is 0.429. The van der Waals surface area contributed by atoms with Gasteiger partial charge in [-0.3, -0.25) is 4.79 Å². The molecule has 1 amide bonds. The highest BCUT2D eigenvalue weighted by atomic mass is 35.5. The number of nitrogens with zero attached hydrogens (tertiary/aromatic N) is 2. The molecule has 2 N–H and O–H groups in total. The molecule has 20 heavy (non-hydrogen) atoms. The lowest BCUT2D eigenvalue weighted by Gasteiger charge is -2.28. The summed E-state index contributed by atoms with van der Waals surface area (Å²) in [5.41, 5.74) is 5.54. The third-order valence-electron chi connectivity index (χ3n) is 3.23. The van der Waals surface area contributed by atoms with Crippen LogP contribution >= 0.6 is 11.6 Å². The largest absolute Gasteiger partial charge is 0.370 e. The van der Waals surface area contributed by atoms with Crippen LogP contribution in [0.5, 0.6) is 0 Å². The van der Waals surface area contributed by atoms with E-state index < -0.39 is 22.6 Å². The van der Waals surface area contributed by atoms with Crippen LogP contribution in [0.25, 0.3) is 11.0 Å². The molecule has 0 saturated carbocycles. The van der Waals surface area contributed by atoms with Gasteiger partial charge >= 0.3 is 0 Å². The van der Waals surface area contributed by atoms with E-state index in [-0.39, 0.29) is 11.9 Å². The first-order chi connectivity index (χ1) is 9.24. The van der Waals surface area contributed by atoms with E-state index in [9.17, 15) is 9.18 Å². The minimum atomic E-state index is -0.632. The molecular formula is C14H17ClFN3O. The average Bonchev–Trinajstić information content (AvgIpc) is 2.68. The monoisotopic (exact) mass is 297 g/mol. The van der Waals surface area contributed by atoms with Crippen LogP contribution in [0.3, 0.4) is 0 Å². The Morgan fingerprint density at radius 3 is 2.75 bits per heavy atom. The van der Waals surface area contributed by atoms with Gasteiger partial charge in [-0.1, -0.05) is 6.07 Å². The first-order valence-electron chi connectivity index (χ1n) is 6.34. The van der Waals surface area contributed by atoms with E-state index in [2.05, 4.69) is 4.98 Å². The Labute approximate surface area is 121 Å². The number of aromatic nitrogens is 2. The molecule has 6 heteroatoms. The van der Waals surface area contributed by atoms with E-state index in [0.29, 0.717) is 11.3 Å². The summed E-state index contributed by atoms with van der Waals surface area (Å²) in [4.78, 5) is 15.6. The highest BCUT2D eigenvalue weighted by Crippen LogP contribution is 2.33. The predicted molar refractivity (Wildman–Crippen MR) is 77.1 cm³/mol. The number of nitrogens with two attached hydrogens (primary N) is 1. The number of primary amides is 1. The highest BCUT2D eigenvalue weighted by molar-refractivity contribution is 6.20. The van der Waals surface area contributed by atoms with Crippen LogP contribution in [0.2, 0.25) is 0 Å². The lowest BCUT2D eigenvalue weighted by Crippen LogP contribution is -2.33. The van der Waals surface area contributed by atoms with E-state index in [0.717, 1.165) is 0 Å². The molecule has 1 aromatic heterocycles. The normalized spacial score (nSPS) is 13.7. The first-order valence-corrected chi connectivity index (χ1v) is 6.77. The van der Waals surface area contributed by atoms with Gasteiger partial charge in [-0.15, -0.1) is 11.6 Å². The molecule has 1 atom stereocenters. The number of hydrogen-bond donors (Lipinski definition) is 1. The summed E-state index contributed by atoms with van der Waals surface area (Å²) in [5.74, 6) is -0.311. The van der Waals surface area contributed by atoms with Gasteiger partial charge in [0.15, 0.2) is 5.82 Å². The van der Waals surface area contributed by atoms with Crippen molar-refractivity contribution in [1.29, 1.82) is 0 Å². The van der Waals surface area contributed by atoms with Crippen molar-refractivity contribution in [1.82, 2.24) is 9.55 Å². The zero-order valence-corrected chi connectivity index (χ0v) is 12.4. The van der Waals surface area contributed by atoms with Gasteiger partial charge in [-0.2, -0.15) is 0 Å². The van der Waals surface area contributed by atoms with Crippen LogP contribution in [-0.4, -0.2) is 15.5 Å². The second-order valence-corrected chi connectivity index (χ2v) is 6.14. The SMILES string of the molecule is CC(Cl)c1nc2c(F)cccc2n1C(C)(C)CC(N)=O. The van der Waals surface area contributed by atoms with Gasteiger partial charge in [-0.25, -0.2) is 9.37 Å². The quantitative estimate of drug-likeness (QED) is 0.882. The van der Waals surface area contributed by atoms with E-state index in [1.807, 2.05) is 13.8 Å². The molecule has 0 radical (unpaired) electrons. The van der Waals surface area contributed by atoms with Crippen molar-refractivity contribution < 1.29 is 9.18 Å². The van der Waals surface area contributed by atoms with Crippen molar-refractivity contribution in [2.24, 2.45) is 5.73 Å². The van der Waals surface area contributed by atoms with Crippen molar-refractivity contribution in [3.8, 4) is 0 Å².